The topological polar surface area (TPSA) is 18.5 Å². The highest BCUT2D eigenvalue weighted by molar-refractivity contribution is 4.95. The van der Waals surface area contributed by atoms with Crippen LogP contribution in [0.5, 0.6) is 0 Å². The lowest BCUT2D eigenvalue weighted by Gasteiger charge is -2.14. The molecule has 0 aromatic heterocycles. The van der Waals surface area contributed by atoms with Gasteiger partial charge in [0.1, 0.15) is 0 Å². The average Bonchev–Trinajstić information content (AvgIpc) is 2.07. The average molecular weight is 156 g/mol. The molecule has 0 N–H and O–H groups in total. The van der Waals surface area contributed by atoms with E-state index in [0.717, 1.165) is 38.4 Å². The fraction of sp³-hybridized carbons (Fsp3) is 0.778. The van der Waals surface area contributed by atoms with E-state index in [-0.39, 0.29) is 0 Å². The Morgan fingerprint density at radius 3 is 3.18 bits per heavy atom. The largest absolute Gasteiger partial charge is 0.498 e. The molecule has 0 bridgehead atoms. The lowest BCUT2D eigenvalue weighted by atomic mass is 10.3. The van der Waals surface area contributed by atoms with Crippen molar-refractivity contribution in [3.8, 4) is 0 Å². The van der Waals surface area contributed by atoms with Gasteiger partial charge in [-0.25, -0.2) is 0 Å². The molecule has 11 heavy (non-hydrogen) atoms. The van der Waals surface area contributed by atoms with Crippen molar-refractivity contribution in [1.82, 2.24) is 0 Å². The minimum absolute atomic E-state index is 0.724. The van der Waals surface area contributed by atoms with E-state index >= 15 is 0 Å². The van der Waals surface area contributed by atoms with Gasteiger partial charge in [0, 0.05) is 6.42 Å². The molecule has 0 aliphatic carbocycles. The highest BCUT2D eigenvalue weighted by Gasteiger charge is 2.02. The predicted octanol–water partition coefficient (Wildman–Crippen LogP) is 2.11. The Balaban J connectivity index is 2.09. The molecule has 1 heterocycles. The highest BCUT2D eigenvalue weighted by Crippen LogP contribution is 2.09. The second kappa shape index (κ2) is 5.19. The van der Waals surface area contributed by atoms with Crippen LogP contribution in [0, 0.1) is 0 Å². The van der Waals surface area contributed by atoms with Gasteiger partial charge in [-0.05, 0) is 12.5 Å². The Kier molecular flexibility index (Phi) is 4.06. The molecule has 0 spiro atoms. The first-order valence-electron chi connectivity index (χ1n) is 4.33. The first-order valence-corrected chi connectivity index (χ1v) is 4.33. The van der Waals surface area contributed by atoms with Crippen LogP contribution in [0.2, 0.25) is 0 Å². The van der Waals surface area contributed by atoms with Crippen LogP contribution in [0.4, 0.5) is 0 Å². The van der Waals surface area contributed by atoms with E-state index in [4.69, 9.17) is 9.47 Å². The quantitative estimate of drug-likeness (QED) is 0.580. The third-order valence-electron chi connectivity index (χ3n) is 1.71. The van der Waals surface area contributed by atoms with Gasteiger partial charge in [0.05, 0.1) is 25.6 Å². The molecule has 0 aromatic rings. The summed E-state index contributed by atoms with van der Waals surface area (Å²) in [4.78, 5) is 0. The van der Waals surface area contributed by atoms with Crippen LogP contribution >= 0.6 is 0 Å². The fourth-order valence-electron chi connectivity index (χ4n) is 0.989. The number of hydrogen-bond donors (Lipinski definition) is 0. The summed E-state index contributed by atoms with van der Waals surface area (Å²) in [5, 5.41) is 0. The van der Waals surface area contributed by atoms with Crippen LogP contribution in [0.1, 0.15) is 26.2 Å². The molecule has 0 saturated carbocycles. The van der Waals surface area contributed by atoms with E-state index in [1.807, 2.05) is 6.08 Å². The zero-order valence-electron chi connectivity index (χ0n) is 7.14. The van der Waals surface area contributed by atoms with Crippen LogP contribution in [-0.2, 0) is 9.47 Å². The first-order chi connectivity index (χ1) is 5.43. The fourth-order valence-corrected chi connectivity index (χ4v) is 0.989. The first kappa shape index (κ1) is 8.60. The minimum Gasteiger partial charge on any atom is -0.498 e. The van der Waals surface area contributed by atoms with Gasteiger partial charge in [0.2, 0.25) is 0 Å². The molecule has 1 rings (SSSR count). The van der Waals surface area contributed by atoms with E-state index in [0.29, 0.717) is 0 Å². The molecular formula is C9H16O2. The van der Waals surface area contributed by atoms with E-state index in [1.165, 1.54) is 6.42 Å². The Bertz CT molecular complexity index is 130. The number of ether oxygens (including phenoxy) is 2. The Hall–Kier alpha value is -0.500. The predicted molar refractivity (Wildman–Crippen MR) is 44.4 cm³/mol. The molecule has 2 nitrogen and oxygen atoms in total. The van der Waals surface area contributed by atoms with Gasteiger partial charge in [-0.3, -0.25) is 0 Å². The van der Waals surface area contributed by atoms with E-state index in [2.05, 4.69) is 6.92 Å². The van der Waals surface area contributed by atoms with Crippen LogP contribution in [-0.4, -0.2) is 19.8 Å². The number of rotatable bonds is 4. The normalized spacial score (nSPS) is 17.7. The minimum atomic E-state index is 0.724. The Labute approximate surface area is 68.2 Å². The molecule has 0 saturated heterocycles. The van der Waals surface area contributed by atoms with Crippen molar-refractivity contribution in [2.24, 2.45) is 0 Å². The van der Waals surface area contributed by atoms with Crippen molar-refractivity contribution in [3.05, 3.63) is 11.8 Å². The summed E-state index contributed by atoms with van der Waals surface area (Å²) in [6, 6.07) is 0. The van der Waals surface area contributed by atoms with Crippen LogP contribution in [0.3, 0.4) is 0 Å². The monoisotopic (exact) mass is 156 g/mol. The Morgan fingerprint density at radius 1 is 1.64 bits per heavy atom. The molecule has 0 fully saturated rings. The maximum absolute atomic E-state index is 5.50. The summed E-state index contributed by atoms with van der Waals surface area (Å²) in [5.41, 5.74) is 0. The van der Waals surface area contributed by atoms with Crippen molar-refractivity contribution in [2.45, 2.75) is 26.2 Å². The summed E-state index contributed by atoms with van der Waals surface area (Å²) in [5.74, 6) is 1.12. The van der Waals surface area contributed by atoms with E-state index in [9.17, 15) is 0 Å². The molecule has 0 unspecified atom stereocenters. The zero-order chi connectivity index (χ0) is 7.94. The van der Waals surface area contributed by atoms with Crippen molar-refractivity contribution >= 4 is 0 Å². The maximum Gasteiger partial charge on any atom is 0.0965 e. The van der Waals surface area contributed by atoms with Crippen LogP contribution in [0.25, 0.3) is 0 Å². The second-order valence-electron chi connectivity index (χ2n) is 2.70. The van der Waals surface area contributed by atoms with Gasteiger partial charge in [-0.15, -0.1) is 0 Å². The van der Waals surface area contributed by atoms with Crippen molar-refractivity contribution < 1.29 is 9.47 Å². The summed E-state index contributed by atoms with van der Waals surface area (Å²) in [6.07, 6.45) is 5.32. The smallest absolute Gasteiger partial charge is 0.0965 e. The molecular weight excluding hydrogens is 140 g/mol. The molecule has 0 radical (unpaired) electrons. The standard InChI is InChI=1S/C9H16O2/c1-2-3-6-11-9-4-7-10-8-5-9/h4H,2-3,5-8H2,1H3. The highest BCUT2D eigenvalue weighted by atomic mass is 16.5. The van der Waals surface area contributed by atoms with Gasteiger partial charge in [-0.2, -0.15) is 0 Å². The Morgan fingerprint density at radius 2 is 2.55 bits per heavy atom. The molecule has 0 atom stereocenters. The second-order valence-corrected chi connectivity index (χ2v) is 2.70. The van der Waals surface area contributed by atoms with Gasteiger partial charge in [0.15, 0.2) is 0 Å². The van der Waals surface area contributed by atoms with Gasteiger partial charge in [0.25, 0.3) is 0 Å². The van der Waals surface area contributed by atoms with Crippen molar-refractivity contribution in [3.63, 3.8) is 0 Å². The zero-order valence-corrected chi connectivity index (χ0v) is 7.14. The lowest BCUT2D eigenvalue weighted by Crippen LogP contribution is -2.07. The third kappa shape index (κ3) is 3.42. The summed E-state index contributed by atoms with van der Waals surface area (Å²) in [6.45, 7) is 4.57. The SMILES string of the molecule is CCCCOC1=CCOCC1. The molecule has 2 heteroatoms. The summed E-state index contributed by atoms with van der Waals surface area (Å²) >= 11 is 0. The van der Waals surface area contributed by atoms with Crippen molar-refractivity contribution in [2.75, 3.05) is 19.8 Å². The lowest BCUT2D eigenvalue weighted by molar-refractivity contribution is 0.110. The molecule has 64 valence electrons. The van der Waals surface area contributed by atoms with Crippen LogP contribution in [0.15, 0.2) is 11.8 Å². The third-order valence-corrected chi connectivity index (χ3v) is 1.71. The van der Waals surface area contributed by atoms with Crippen LogP contribution < -0.4 is 0 Å². The summed E-state index contributed by atoms with van der Waals surface area (Å²) < 4.78 is 10.7. The van der Waals surface area contributed by atoms with Crippen molar-refractivity contribution in [1.29, 1.82) is 0 Å². The molecule has 1 aliphatic heterocycles. The number of unbranched alkanes of at least 4 members (excludes halogenated alkanes) is 1. The van der Waals surface area contributed by atoms with Gasteiger partial charge < -0.3 is 9.47 Å². The van der Waals surface area contributed by atoms with E-state index in [1.54, 1.807) is 0 Å². The number of hydrogen-bond acceptors (Lipinski definition) is 2. The van der Waals surface area contributed by atoms with E-state index < -0.39 is 0 Å². The molecule has 0 aromatic carbocycles. The summed E-state index contributed by atoms with van der Waals surface area (Å²) in [7, 11) is 0. The van der Waals surface area contributed by atoms with Gasteiger partial charge in [-0.1, -0.05) is 13.3 Å². The molecule has 1 aliphatic rings. The van der Waals surface area contributed by atoms with Gasteiger partial charge >= 0.3 is 0 Å². The maximum atomic E-state index is 5.50. The molecule has 0 amide bonds.